The van der Waals surface area contributed by atoms with E-state index in [0.29, 0.717) is 11.5 Å². The summed E-state index contributed by atoms with van der Waals surface area (Å²) in [5.41, 5.74) is 0.569. The third kappa shape index (κ3) is 4.03. The minimum absolute atomic E-state index is 0.569. The van der Waals surface area contributed by atoms with Crippen LogP contribution in [-0.4, -0.2) is 29.4 Å². The van der Waals surface area contributed by atoms with Crippen molar-refractivity contribution in [1.82, 2.24) is 4.90 Å². The van der Waals surface area contributed by atoms with Crippen molar-refractivity contribution in [2.75, 3.05) is 18.4 Å². The average Bonchev–Trinajstić information content (AvgIpc) is 2.65. The van der Waals surface area contributed by atoms with Gasteiger partial charge in [-0.1, -0.05) is 42.6 Å². The van der Waals surface area contributed by atoms with Crippen LogP contribution in [0.15, 0.2) is 0 Å². The molecule has 0 amide bonds. The van der Waals surface area contributed by atoms with Gasteiger partial charge in [-0.15, -0.1) is 0 Å². The van der Waals surface area contributed by atoms with Crippen molar-refractivity contribution < 1.29 is 0 Å². The number of nitrogens with zero attached hydrogens (tertiary/aromatic N) is 1. The predicted octanol–water partition coefficient (Wildman–Crippen LogP) is 4.31. The molecule has 96 valence electrons. The third-order valence-corrected chi connectivity index (χ3v) is 5.01. The standard InChI is InChI=1S/C14H28BrN/c1-12(2)9-16(13(3)4)11-14(10-15)7-5-6-8-14/h12-13H,5-11H2,1-4H3. The first-order chi connectivity index (χ1) is 7.49. The fourth-order valence-electron chi connectivity index (χ4n) is 2.82. The molecule has 1 nitrogen and oxygen atoms in total. The Hall–Kier alpha value is 0.440. The van der Waals surface area contributed by atoms with Gasteiger partial charge in [0.05, 0.1) is 0 Å². The minimum atomic E-state index is 0.569. The molecule has 0 aromatic heterocycles. The Balaban J connectivity index is 2.58. The fraction of sp³-hybridized carbons (Fsp3) is 1.00. The van der Waals surface area contributed by atoms with E-state index in [9.17, 15) is 0 Å². The Kier molecular flexibility index (Phi) is 5.79. The highest BCUT2D eigenvalue weighted by Crippen LogP contribution is 2.40. The van der Waals surface area contributed by atoms with Crippen LogP contribution >= 0.6 is 15.9 Å². The average molecular weight is 290 g/mol. The van der Waals surface area contributed by atoms with Crippen LogP contribution in [0.2, 0.25) is 0 Å². The van der Waals surface area contributed by atoms with E-state index in [1.54, 1.807) is 0 Å². The molecule has 0 aliphatic heterocycles. The van der Waals surface area contributed by atoms with E-state index in [1.165, 1.54) is 44.1 Å². The smallest absolute Gasteiger partial charge is 0.0100 e. The molecule has 16 heavy (non-hydrogen) atoms. The molecule has 1 saturated carbocycles. The van der Waals surface area contributed by atoms with Gasteiger partial charge in [-0.05, 0) is 38.0 Å². The van der Waals surface area contributed by atoms with E-state index in [1.807, 2.05) is 0 Å². The zero-order valence-corrected chi connectivity index (χ0v) is 13.0. The van der Waals surface area contributed by atoms with E-state index in [4.69, 9.17) is 0 Å². The Bertz CT molecular complexity index is 195. The van der Waals surface area contributed by atoms with Crippen LogP contribution in [0, 0.1) is 11.3 Å². The van der Waals surface area contributed by atoms with Gasteiger partial charge in [0.15, 0.2) is 0 Å². The maximum atomic E-state index is 3.75. The van der Waals surface area contributed by atoms with Gasteiger partial charge in [0.2, 0.25) is 0 Å². The maximum Gasteiger partial charge on any atom is 0.0100 e. The van der Waals surface area contributed by atoms with Crippen LogP contribution in [0.4, 0.5) is 0 Å². The lowest BCUT2D eigenvalue weighted by atomic mass is 9.87. The van der Waals surface area contributed by atoms with Gasteiger partial charge in [0, 0.05) is 24.5 Å². The summed E-state index contributed by atoms with van der Waals surface area (Å²) in [6.07, 6.45) is 5.69. The molecule has 1 fully saturated rings. The second-order valence-electron chi connectivity index (χ2n) is 6.26. The molecule has 0 bridgehead atoms. The van der Waals surface area contributed by atoms with E-state index in [0.717, 1.165) is 5.92 Å². The SMILES string of the molecule is CC(C)CN(CC1(CBr)CCCC1)C(C)C. The molecule has 0 aromatic rings. The first-order valence-electron chi connectivity index (χ1n) is 6.79. The summed E-state index contributed by atoms with van der Waals surface area (Å²) in [6, 6.07) is 0.680. The van der Waals surface area contributed by atoms with Gasteiger partial charge in [0.25, 0.3) is 0 Å². The van der Waals surface area contributed by atoms with Crippen LogP contribution < -0.4 is 0 Å². The molecule has 0 heterocycles. The van der Waals surface area contributed by atoms with E-state index in [-0.39, 0.29) is 0 Å². The van der Waals surface area contributed by atoms with Crippen molar-refractivity contribution in [3.63, 3.8) is 0 Å². The largest absolute Gasteiger partial charge is 0.300 e. The molecule has 0 spiro atoms. The predicted molar refractivity (Wildman–Crippen MR) is 76.2 cm³/mol. The van der Waals surface area contributed by atoms with Crippen molar-refractivity contribution in [2.24, 2.45) is 11.3 Å². The highest BCUT2D eigenvalue weighted by molar-refractivity contribution is 9.09. The van der Waals surface area contributed by atoms with Gasteiger partial charge in [-0.3, -0.25) is 0 Å². The first-order valence-corrected chi connectivity index (χ1v) is 7.91. The zero-order chi connectivity index (χ0) is 12.2. The highest BCUT2D eigenvalue weighted by atomic mass is 79.9. The number of hydrogen-bond donors (Lipinski definition) is 0. The Morgan fingerprint density at radius 1 is 1.12 bits per heavy atom. The summed E-state index contributed by atoms with van der Waals surface area (Å²) in [6.45, 7) is 11.8. The van der Waals surface area contributed by atoms with Crippen LogP contribution in [0.3, 0.4) is 0 Å². The summed E-state index contributed by atoms with van der Waals surface area (Å²) in [5.74, 6) is 0.774. The highest BCUT2D eigenvalue weighted by Gasteiger charge is 2.35. The van der Waals surface area contributed by atoms with Crippen LogP contribution in [-0.2, 0) is 0 Å². The van der Waals surface area contributed by atoms with Gasteiger partial charge < -0.3 is 4.90 Å². The van der Waals surface area contributed by atoms with Crippen LogP contribution in [0.25, 0.3) is 0 Å². The van der Waals surface area contributed by atoms with Crippen LogP contribution in [0.1, 0.15) is 53.4 Å². The molecule has 1 aliphatic carbocycles. The molecule has 0 aromatic carbocycles. The number of alkyl halides is 1. The van der Waals surface area contributed by atoms with Gasteiger partial charge >= 0.3 is 0 Å². The molecule has 0 saturated heterocycles. The lowest BCUT2D eigenvalue weighted by molar-refractivity contribution is 0.126. The molecule has 0 unspecified atom stereocenters. The number of halogens is 1. The summed E-state index contributed by atoms with van der Waals surface area (Å²) in [4.78, 5) is 2.68. The summed E-state index contributed by atoms with van der Waals surface area (Å²) < 4.78 is 0. The second-order valence-corrected chi connectivity index (χ2v) is 6.82. The molecule has 0 N–H and O–H groups in total. The van der Waals surface area contributed by atoms with Crippen molar-refractivity contribution in [2.45, 2.75) is 59.4 Å². The summed E-state index contributed by atoms with van der Waals surface area (Å²) in [7, 11) is 0. The van der Waals surface area contributed by atoms with Gasteiger partial charge in [-0.25, -0.2) is 0 Å². The number of hydrogen-bond acceptors (Lipinski definition) is 1. The lowest BCUT2D eigenvalue weighted by Gasteiger charge is -2.37. The summed E-state index contributed by atoms with van der Waals surface area (Å²) >= 11 is 3.75. The van der Waals surface area contributed by atoms with Crippen molar-refractivity contribution in [3.05, 3.63) is 0 Å². The Morgan fingerprint density at radius 3 is 2.06 bits per heavy atom. The van der Waals surface area contributed by atoms with E-state index < -0.39 is 0 Å². The molecule has 1 rings (SSSR count). The Labute approximate surface area is 110 Å². The fourth-order valence-corrected chi connectivity index (χ4v) is 3.55. The number of rotatable bonds is 6. The van der Waals surface area contributed by atoms with E-state index in [2.05, 4.69) is 48.5 Å². The van der Waals surface area contributed by atoms with E-state index >= 15 is 0 Å². The molecular formula is C14H28BrN. The molecule has 0 radical (unpaired) electrons. The first kappa shape index (κ1) is 14.5. The summed E-state index contributed by atoms with van der Waals surface area (Å²) in [5, 5.41) is 1.18. The van der Waals surface area contributed by atoms with Gasteiger partial charge in [-0.2, -0.15) is 0 Å². The monoisotopic (exact) mass is 289 g/mol. The normalized spacial score (nSPS) is 20.2. The molecular weight excluding hydrogens is 262 g/mol. The Morgan fingerprint density at radius 2 is 1.69 bits per heavy atom. The van der Waals surface area contributed by atoms with Crippen molar-refractivity contribution in [1.29, 1.82) is 0 Å². The minimum Gasteiger partial charge on any atom is -0.300 e. The molecule has 1 aliphatic rings. The zero-order valence-electron chi connectivity index (χ0n) is 11.4. The van der Waals surface area contributed by atoms with Gasteiger partial charge in [0.1, 0.15) is 0 Å². The van der Waals surface area contributed by atoms with Crippen LogP contribution in [0.5, 0.6) is 0 Å². The lowest BCUT2D eigenvalue weighted by Crippen LogP contribution is -2.43. The topological polar surface area (TPSA) is 3.24 Å². The third-order valence-electron chi connectivity index (χ3n) is 3.82. The molecule has 2 heteroatoms. The van der Waals surface area contributed by atoms with Crippen molar-refractivity contribution >= 4 is 15.9 Å². The quantitative estimate of drug-likeness (QED) is 0.659. The molecule has 0 atom stereocenters. The van der Waals surface area contributed by atoms with Crippen molar-refractivity contribution in [3.8, 4) is 0 Å². The second kappa shape index (κ2) is 6.39. The maximum absolute atomic E-state index is 3.75.